The average molecular weight is 191 g/mol. The minimum Gasteiger partial charge on any atom is -0.395 e. The molecule has 0 spiro atoms. The van der Waals surface area contributed by atoms with Crippen molar-refractivity contribution in [1.82, 2.24) is 5.32 Å². The predicted molar refractivity (Wildman–Crippen MR) is 57.2 cm³/mol. The van der Waals surface area contributed by atoms with Gasteiger partial charge in [0, 0.05) is 12.1 Å². The van der Waals surface area contributed by atoms with E-state index >= 15 is 0 Å². The summed E-state index contributed by atoms with van der Waals surface area (Å²) in [4.78, 5) is 0. The van der Waals surface area contributed by atoms with Crippen LogP contribution in [0.4, 0.5) is 0 Å². The van der Waals surface area contributed by atoms with Crippen LogP contribution in [0.15, 0.2) is 24.3 Å². The second-order valence-corrected chi connectivity index (χ2v) is 4.04. The average Bonchev–Trinajstić information content (AvgIpc) is 2.62. The van der Waals surface area contributed by atoms with E-state index in [1.54, 1.807) is 0 Å². The molecule has 0 aromatic heterocycles. The van der Waals surface area contributed by atoms with Crippen molar-refractivity contribution in [1.29, 1.82) is 0 Å². The molecule has 14 heavy (non-hydrogen) atoms. The highest BCUT2D eigenvalue weighted by molar-refractivity contribution is 5.34. The van der Waals surface area contributed by atoms with Gasteiger partial charge < -0.3 is 10.4 Å². The SMILES string of the molecule is C[C@@H](CO)N[C@H]1CCc2ccccc21. The molecule has 0 fully saturated rings. The molecule has 2 nitrogen and oxygen atoms in total. The maximum Gasteiger partial charge on any atom is 0.0582 e. The van der Waals surface area contributed by atoms with E-state index in [2.05, 4.69) is 29.6 Å². The Labute approximate surface area is 85.0 Å². The number of rotatable bonds is 3. The zero-order valence-electron chi connectivity index (χ0n) is 8.53. The van der Waals surface area contributed by atoms with Crippen LogP contribution in [0.1, 0.15) is 30.5 Å². The number of hydrogen-bond acceptors (Lipinski definition) is 2. The summed E-state index contributed by atoms with van der Waals surface area (Å²) in [5.74, 6) is 0. The first kappa shape index (κ1) is 9.69. The third kappa shape index (κ3) is 1.81. The first-order valence-corrected chi connectivity index (χ1v) is 5.26. The maximum absolute atomic E-state index is 8.98. The Morgan fingerprint density at radius 2 is 2.29 bits per heavy atom. The van der Waals surface area contributed by atoms with Gasteiger partial charge in [-0.3, -0.25) is 0 Å². The van der Waals surface area contributed by atoms with Crippen LogP contribution in [-0.4, -0.2) is 17.8 Å². The van der Waals surface area contributed by atoms with Gasteiger partial charge in [0.1, 0.15) is 0 Å². The fourth-order valence-corrected chi connectivity index (χ4v) is 2.13. The number of fused-ring (bicyclic) bond motifs is 1. The largest absolute Gasteiger partial charge is 0.395 e. The van der Waals surface area contributed by atoms with Crippen molar-refractivity contribution in [3.8, 4) is 0 Å². The minimum absolute atomic E-state index is 0.186. The van der Waals surface area contributed by atoms with Crippen molar-refractivity contribution < 1.29 is 5.11 Å². The van der Waals surface area contributed by atoms with Crippen LogP contribution >= 0.6 is 0 Å². The zero-order chi connectivity index (χ0) is 9.97. The fourth-order valence-electron chi connectivity index (χ4n) is 2.13. The van der Waals surface area contributed by atoms with Gasteiger partial charge in [0.05, 0.1) is 6.61 Å². The summed E-state index contributed by atoms with van der Waals surface area (Å²) in [6.45, 7) is 2.22. The van der Waals surface area contributed by atoms with Gasteiger partial charge >= 0.3 is 0 Å². The van der Waals surface area contributed by atoms with Gasteiger partial charge in [-0.1, -0.05) is 24.3 Å². The van der Waals surface area contributed by atoms with Crippen molar-refractivity contribution in [3.05, 3.63) is 35.4 Å². The van der Waals surface area contributed by atoms with Crippen molar-refractivity contribution in [2.45, 2.75) is 31.8 Å². The lowest BCUT2D eigenvalue weighted by Gasteiger charge is -2.18. The van der Waals surface area contributed by atoms with E-state index in [0.29, 0.717) is 6.04 Å². The lowest BCUT2D eigenvalue weighted by molar-refractivity contribution is 0.240. The van der Waals surface area contributed by atoms with Crippen LogP contribution < -0.4 is 5.32 Å². The van der Waals surface area contributed by atoms with Crippen molar-refractivity contribution in [2.75, 3.05) is 6.61 Å². The standard InChI is InChI=1S/C12H17NO/c1-9(8-14)13-12-7-6-10-4-2-3-5-11(10)12/h2-5,9,12-14H,6-8H2,1H3/t9-,12-/m0/s1. The number of aryl methyl sites for hydroxylation is 1. The molecular weight excluding hydrogens is 174 g/mol. The fraction of sp³-hybridized carbons (Fsp3) is 0.500. The minimum atomic E-state index is 0.186. The van der Waals surface area contributed by atoms with E-state index in [-0.39, 0.29) is 12.6 Å². The Balaban J connectivity index is 2.10. The van der Waals surface area contributed by atoms with Gasteiger partial charge in [0.2, 0.25) is 0 Å². The molecule has 0 amide bonds. The molecule has 76 valence electrons. The molecule has 1 aromatic rings. The molecule has 0 heterocycles. The highest BCUT2D eigenvalue weighted by atomic mass is 16.3. The predicted octanol–water partition coefficient (Wildman–Crippen LogP) is 1.64. The van der Waals surface area contributed by atoms with E-state index in [4.69, 9.17) is 5.11 Å². The molecule has 2 heteroatoms. The van der Waals surface area contributed by atoms with Crippen molar-refractivity contribution >= 4 is 0 Å². The molecule has 1 aliphatic rings. The zero-order valence-corrected chi connectivity index (χ0v) is 8.53. The summed E-state index contributed by atoms with van der Waals surface area (Å²) in [6.07, 6.45) is 2.32. The number of benzene rings is 1. The molecule has 2 atom stereocenters. The summed E-state index contributed by atoms with van der Waals surface area (Å²) in [6, 6.07) is 9.18. The van der Waals surface area contributed by atoms with E-state index in [1.807, 2.05) is 6.92 Å². The van der Waals surface area contributed by atoms with Crippen LogP contribution in [0.25, 0.3) is 0 Å². The first-order valence-electron chi connectivity index (χ1n) is 5.26. The molecule has 0 saturated carbocycles. The van der Waals surface area contributed by atoms with E-state index in [1.165, 1.54) is 11.1 Å². The molecule has 0 radical (unpaired) electrons. The van der Waals surface area contributed by atoms with Gasteiger partial charge in [0.15, 0.2) is 0 Å². The monoisotopic (exact) mass is 191 g/mol. The lowest BCUT2D eigenvalue weighted by atomic mass is 10.1. The summed E-state index contributed by atoms with van der Waals surface area (Å²) in [5, 5.41) is 12.4. The molecule has 0 unspecified atom stereocenters. The van der Waals surface area contributed by atoms with Gasteiger partial charge in [-0.2, -0.15) is 0 Å². The second-order valence-electron chi connectivity index (χ2n) is 4.04. The van der Waals surface area contributed by atoms with Gasteiger partial charge in [-0.05, 0) is 30.9 Å². The molecule has 0 aliphatic heterocycles. The second kappa shape index (κ2) is 4.11. The Bertz CT molecular complexity index is 311. The van der Waals surface area contributed by atoms with Crippen LogP contribution in [0, 0.1) is 0 Å². The van der Waals surface area contributed by atoms with E-state index < -0.39 is 0 Å². The molecule has 0 saturated heterocycles. The third-order valence-corrected chi connectivity index (χ3v) is 2.89. The summed E-state index contributed by atoms with van der Waals surface area (Å²) >= 11 is 0. The number of aliphatic hydroxyl groups is 1. The Morgan fingerprint density at radius 3 is 3.07 bits per heavy atom. The van der Waals surface area contributed by atoms with Crippen molar-refractivity contribution in [2.24, 2.45) is 0 Å². The van der Waals surface area contributed by atoms with Gasteiger partial charge in [-0.25, -0.2) is 0 Å². The Kier molecular flexibility index (Phi) is 2.85. The Morgan fingerprint density at radius 1 is 1.50 bits per heavy atom. The topological polar surface area (TPSA) is 32.3 Å². The molecule has 1 aliphatic carbocycles. The number of nitrogens with one attached hydrogen (secondary N) is 1. The summed E-state index contributed by atoms with van der Waals surface area (Å²) in [7, 11) is 0. The number of hydrogen-bond donors (Lipinski definition) is 2. The highest BCUT2D eigenvalue weighted by Crippen LogP contribution is 2.30. The summed E-state index contributed by atoms with van der Waals surface area (Å²) < 4.78 is 0. The Hall–Kier alpha value is -0.860. The third-order valence-electron chi connectivity index (χ3n) is 2.89. The van der Waals surface area contributed by atoms with Crippen LogP contribution in [0.5, 0.6) is 0 Å². The lowest BCUT2D eigenvalue weighted by Crippen LogP contribution is -2.32. The van der Waals surface area contributed by atoms with Crippen LogP contribution in [0.3, 0.4) is 0 Å². The molecule has 2 N–H and O–H groups in total. The summed E-state index contributed by atoms with van der Waals surface area (Å²) in [5.41, 5.74) is 2.86. The smallest absolute Gasteiger partial charge is 0.0582 e. The highest BCUT2D eigenvalue weighted by Gasteiger charge is 2.22. The molecule has 0 bridgehead atoms. The van der Waals surface area contributed by atoms with E-state index in [9.17, 15) is 0 Å². The first-order chi connectivity index (χ1) is 6.81. The maximum atomic E-state index is 8.98. The molecule has 2 rings (SSSR count). The normalized spacial score (nSPS) is 22.0. The van der Waals surface area contributed by atoms with Crippen LogP contribution in [0.2, 0.25) is 0 Å². The van der Waals surface area contributed by atoms with Crippen LogP contribution in [-0.2, 0) is 6.42 Å². The molecule has 1 aromatic carbocycles. The van der Waals surface area contributed by atoms with Gasteiger partial charge in [0.25, 0.3) is 0 Å². The van der Waals surface area contributed by atoms with Crippen molar-refractivity contribution in [3.63, 3.8) is 0 Å². The number of aliphatic hydroxyl groups excluding tert-OH is 1. The molecular formula is C12H17NO. The van der Waals surface area contributed by atoms with Gasteiger partial charge in [-0.15, -0.1) is 0 Å². The van der Waals surface area contributed by atoms with E-state index in [0.717, 1.165) is 12.8 Å². The quantitative estimate of drug-likeness (QED) is 0.761.